The maximum absolute atomic E-state index is 12.2. The molecule has 1 aliphatic heterocycles. The Balaban J connectivity index is 1.51. The van der Waals surface area contributed by atoms with Gasteiger partial charge in [-0.05, 0) is 24.3 Å². The van der Waals surface area contributed by atoms with Gasteiger partial charge in [0.2, 0.25) is 12.7 Å². The smallest absolute Gasteiger partial charge is 0.251 e. The molecule has 8 heteroatoms. The largest absolute Gasteiger partial charge is 0.454 e. The molecule has 2 amide bonds. The van der Waals surface area contributed by atoms with Crippen molar-refractivity contribution >= 4 is 17.6 Å². The summed E-state index contributed by atoms with van der Waals surface area (Å²) in [6.45, 7) is 0.358. The number of amides is 2. The molecule has 3 rings (SSSR count). The van der Waals surface area contributed by atoms with Crippen LogP contribution in [0.15, 0.2) is 36.5 Å². The Labute approximate surface area is 151 Å². The van der Waals surface area contributed by atoms with Crippen LogP contribution in [0.5, 0.6) is 11.5 Å². The van der Waals surface area contributed by atoms with E-state index in [1.165, 1.54) is 0 Å². The minimum atomic E-state index is -0.353. The fourth-order valence-electron chi connectivity index (χ4n) is 2.53. The van der Waals surface area contributed by atoms with Gasteiger partial charge in [-0.25, -0.2) is 4.98 Å². The van der Waals surface area contributed by atoms with Crippen molar-refractivity contribution in [3.05, 3.63) is 47.7 Å². The third-order valence-electron chi connectivity index (χ3n) is 3.81. The van der Waals surface area contributed by atoms with Gasteiger partial charge < -0.3 is 25.0 Å². The van der Waals surface area contributed by atoms with Crippen LogP contribution in [0, 0.1) is 0 Å². The Morgan fingerprint density at radius 3 is 2.77 bits per heavy atom. The number of aromatic nitrogens is 1. The summed E-state index contributed by atoms with van der Waals surface area (Å²) in [6, 6.07) is 8.60. The van der Waals surface area contributed by atoms with Gasteiger partial charge in [0.25, 0.3) is 5.91 Å². The molecule has 0 spiro atoms. The zero-order valence-corrected chi connectivity index (χ0v) is 14.6. The van der Waals surface area contributed by atoms with E-state index >= 15 is 0 Å². The van der Waals surface area contributed by atoms with Crippen LogP contribution in [0.3, 0.4) is 0 Å². The number of rotatable bonds is 6. The monoisotopic (exact) mass is 356 g/mol. The number of nitrogens with one attached hydrogen (secondary N) is 2. The molecule has 0 unspecified atom stereocenters. The second-order valence-corrected chi connectivity index (χ2v) is 5.91. The summed E-state index contributed by atoms with van der Waals surface area (Å²) in [5, 5.41) is 5.37. The Kier molecular flexibility index (Phi) is 5.21. The predicted molar refractivity (Wildman–Crippen MR) is 95.3 cm³/mol. The summed E-state index contributed by atoms with van der Waals surface area (Å²) in [6.07, 6.45) is 1.70. The van der Waals surface area contributed by atoms with Crippen LogP contribution < -0.4 is 25.0 Å². The van der Waals surface area contributed by atoms with Crippen LogP contribution in [-0.2, 0) is 11.3 Å². The molecule has 1 aliphatic rings. The minimum absolute atomic E-state index is 0.120. The molecule has 0 fully saturated rings. The molecule has 0 aliphatic carbocycles. The highest BCUT2D eigenvalue weighted by Crippen LogP contribution is 2.32. The van der Waals surface area contributed by atoms with E-state index in [9.17, 15) is 9.59 Å². The third kappa shape index (κ3) is 4.02. The summed E-state index contributed by atoms with van der Waals surface area (Å²) < 4.78 is 10.4. The minimum Gasteiger partial charge on any atom is -0.454 e. The topological polar surface area (TPSA) is 92.8 Å². The van der Waals surface area contributed by atoms with Crippen molar-refractivity contribution in [1.29, 1.82) is 0 Å². The molecule has 0 saturated heterocycles. The Bertz CT molecular complexity index is 823. The normalized spacial score (nSPS) is 11.8. The van der Waals surface area contributed by atoms with Gasteiger partial charge in [0.1, 0.15) is 5.82 Å². The highest BCUT2D eigenvalue weighted by Gasteiger charge is 2.16. The van der Waals surface area contributed by atoms with E-state index < -0.39 is 0 Å². The molecule has 8 nitrogen and oxygen atoms in total. The number of carbonyl (C=O) groups excluding carboxylic acids is 2. The molecule has 0 radical (unpaired) electrons. The van der Waals surface area contributed by atoms with Crippen LogP contribution >= 0.6 is 0 Å². The van der Waals surface area contributed by atoms with Crippen LogP contribution in [-0.4, -0.2) is 44.2 Å². The first kappa shape index (κ1) is 17.5. The van der Waals surface area contributed by atoms with Gasteiger partial charge in [-0.3, -0.25) is 9.59 Å². The van der Waals surface area contributed by atoms with Crippen molar-refractivity contribution < 1.29 is 19.1 Å². The van der Waals surface area contributed by atoms with E-state index in [0.29, 0.717) is 23.6 Å². The van der Waals surface area contributed by atoms with E-state index in [2.05, 4.69) is 15.6 Å². The molecule has 26 heavy (non-hydrogen) atoms. The molecular weight excluding hydrogens is 336 g/mol. The van der Waals surface area contributed by atoms with E-state index in [1.54, 1.807) is 24.4 Å². The number of ether oxygens (including phenoxy) is 2. The Hall–Kier alpha value is -3.29. The average molecular weight is 356 g/mol. The maximum atomic E-state index is 12.2. The molecule has 2 N–H and O–H groups in total. The van der Waals surface area contributed by atoms with Gasteiger partial charge in [-0.15, -0.1) is 0 Å². The summed E-state index contributed by atoms with van der Waals surface area (Å²) in [5.74, 6) is 1.28. The fraction of sp³-hybridized carbons (Fsp3) is 0.278. The van der Waals surface area contributed by atoms with Gasteiger partial charge in [0.05, 0.1) is 6.54 Å². The molecule has 0 bridgehead atoms. The van der Waals surface area contributed by atoms with Crippen LogP contribution in [0.2, 0.25) is 0 Å². The fourth-order valence-corrected chi connectivity index (χ4v) is 2.53. The first-order valence-electron chi connectivity index (χ1n) is 8.10. The zero-order chi connectivity index (χ0) is 18.5. The zero-order valence-electron chi connectivity index (χ0n) is 14.6. The van der Waals surface area contributed by atoms with Gasteiger partial charge in [0, 0.05) is 38.0 Å². The number of fused-ring (bicyclic) bond motifs is 1. The molecule has 0 atom stereocenters. The standard InChI is InChI=1S/C18H20N4O4/c1-22(2)17-13(4-3-7-19-17)9-20-16(23)10-21-18(24)12-5-6-14-15(8-12)26-11-25-14/h3-8H,9-11H2,1-2H3,(H,20,23)(H,21,24). The second-order valence-electron chi connectivity index (χ2n) is 5.91. The molecule has 1 aromatic carbocycles. The second kappa shape index (κ2) is 7.73. The average Bonchev–Trinajstić information content (AvgIpc) is 3.12. The van der Waals surface area contributed by atoms with Gasteiger partial charge in [-0.1, -0.05) is 6.07 Å². The first-order chi connectivity index (χ1) is 12.5. The first-order valence-corrected chi connectivity index (χ1v) is 8.10. The molecule has 2 heterocycles. The molecular formula is C18H20N4O4. The molecule has 1 aromatic heterocycles. The summed E-state index contributed by atoms with van der Waals surface area (Å²) in [4.78, 5) is 30.3. The third-order valence-corrected chi connectivity index (χ3v) is 3.81. The lowest BCUT2D eigenvalue weighted by atomic mass is 10.2. The summed E-state index contributed by atoms with van der Waals surface area (Å²) in [5.41, 5.74) is 1.30. The van der Waals surface area contributed by atoms with Crippen LogP contribution in [0.25, 0.3) is 0 Å². The lowest BCUT2D eigenvalue weighted by Gasteiger charge is -2.16. The summed E-state index contributed by atoms with van der Waals surface area (Å²) >= 11 is 0. The van der Waals surface area contributed by atoms with E-state index in [-0.39, 0.29) is 25.2 Å². The van der Waals surface area contributed by atoms with Crippen molar-refractivity contribution in [3.63, 3.8) is 0 Å². The van der Waals surface area contributed by atoms with Crippen molar-refractivity contribution in [2.75, 3.05) is 32.3 Å². The Morgan fingerprint density at radius 1 is 1.15 bits per heavy atom. The number of anilines is 1. The van der Waals surface area contributed by atoms with Crippen molar-refractivity contribution in [2.24, 2.45) is 0 Å². The van der Waals surface area contributed by atoms with E-state index in [0.717, 1.165) is 11.4 Å². The van der Waals surface area contributed by atoms with E-state index in [4.69, 9.17) is 9.47 Å². The van der Waals surface area contributed by atoms with Crippen LogP contribution in [0.1, 0.15) is 15.9 Å². The highest BCUT2D eigenvalue weighted by atomic mass is 16.7. The van der Waals surface area contributed by atoms with Crippen molar-refractivity contribution in [1.82, 2.24) is 15.6 Å². The maximum Gasteiger partial charge on any atom is 0.251 e. The van der Waals surface area contributed by atoms with E-state index in [1.807, 2.05) is 31.1 Å². The number of hydrogen-bond donors (Lipinski definition) is 2. The quantitative estimate of drug-likeness (QED) is 0.800. The number of carbonyl (C=O) groups is 2. The number of nitrogens with zero attached hydrogens (tertiary/aromatic N) is 2. The number of benzene rings is 1. The lowest BCUT2D eigenvalue weighted by molar-refractivity contribution is -0.120. The van der Waals surface area contributed by atoms with Gasteiger partial charge >= 0.3 is 0 Å². The van der Waals surface area contributed by atoms with Crippen molar-refractivity contribution in [2.45, 2.75) is 6.54 Å². The van der Waals surface area contributed by atoms with Gasteiger partial charge in [-0.2, -0.15) is 0 Å². The highest BCUT2D eigenvalue weighted by molar-refractivity contribution is 5.97. The number of pyridine rings is 1. The van der Waals surface area contributed by atoms with Gasteiger partial charge in [0.15, 0.2) is 11.5 Å². The lowest BCUT2D eigenvalue weighted by Crippen LogP contribution is -2.36. The van der Waals surface area contributed by atoms with Crippen LogP contribution in [0.4, 0.5) is 5.82 Å². The predicted octanol–water partition coefficient (Wildman–Crippen LogP) is 0.922. The molecule has 0 saturated carbocycles. The Morgan fingerprint density at radius 2 is 1.96 bits per heavy atom. The van der Waals surface area contributed by atoms with Crippen molar-refractivity contribution in [3.8, 4) is 11.5 Å². The molecule has 136 valence electrons. The SMILES string of the molecule is CN(C)c1ncccc1CNC(=O)CNC(=O)c1ccc2c(c1)OCO2. The number of hydrogen-bond acceptors (Lipinski definition) is 6. The summed E-state index contributed by atoms with van der Waals surface area (Å²) in [7, 11) is 3.78. The molecule has 2 aromatic rings.